The van der Waals surface area contributed by atoms with Gasteiger partial charge in [0.25, 0.3) is 0 Å². The van der Waals surface area contributed by atoms with Gasteiger partial charge in [-0.05, 0) is 0 Å². The lowest BCUT2D eigenvalue weighted by atomic mass is 9.98. The molecule has 6 nitrogen and oxygen atoms in total. The van der Waals surface area contributed by atoms with Crippen molar-refractivity contribution in [2.24, 2.45) is 5.73 Å². The first-order valence-electron chi connectivity index (χ1n) is 4.72. The minimum Gasteiger partial charge on any atom is -0.394 e. The van der Waals surface area contributed by atoms with Crippen LogP contribution >= 0.6 is 0 Å². The lowest BCUT2D eigenvalue weighted by Crippen LogP contribution is -2.62. The zero-order valence-electron chi connectivity index (χ0n) is 8.32. The van der Waals surface area contributed by atoms with Crippen LogP contribution in [0.3, 0.4) is 0 Å². The first-order chi connectivity index (χ1) is 7.11. The summed E-state index contributed by atoms with van der Waals surface area (Å²) in [6.45, 7) is 3.28. The summed E-state index contributed by atoms with van der Waals surface area (Å²) >= 11 is 0. The Morgan fingerprint density at radius 2 is 2.07 bits per heavy atom. The molecule has 0 aromatic rings. The van der Waals surface area contributed by atoms with Crippen molar-refractivity contribution >= 4 is 0 Å². The Balaban J connectivity index is 2.60. The molecule has 1 aliphatic heterocycles. The van der Waals surface area contributed by atoms with Crippen molar-refractivity contribution in [3.63, 3.8) is 0 Å². The predicted octanol–water partition coefficient (Wildman–Crippen LogP) is -2.04. The molecule has 0 aromatic carbocycles. The van der Waals surface area contributed by atoms with Crippen LogP contribution in [-0.2, 0) is 9.47 Å². The maximum atomic E-state index is 9.55. The largest absolute Gasteiger partial charge is 0.394 e. The Hall–Kier alpha value is -0.500. The molecule has 0 saturated carbocycles. The molecule has 0 aliphatic carbocycles. The Morgan fingerprint density at radius 3 is 2.60 bits per heavy atom. The SMILES string of the molecule is C=CCO[C@@H]1O[C@H](CO)[C@H](O)[C@H](O)[C@H]1N. The van der Waals surface area contributed by atoms with Gasteiger partial charge >= 0.3 is 0 Å². The smallest absolute Gasteiger partial charge is 0.176 e. The van der Waals surface area contributed by atoms with Gasteiger partial charge in [0.2, 0.25) is 0 Å². The van der Waals surface area contributed by atoms with E-state index in [4.69, 9.17) is 20.3 Å². The highest BCUT2D eigenvalue weighted by atomic mass is 16.7. The van der Waals surface area contributed by atoms with Crippen molar-refractivity contribution < 1.29 is 24.8 Å². The maximum Gasteiger partial charge on any atom is 0.176 e. The molecule has 0 bridgehead atoms. The number of hydrogen-bond donors (Lipinski definition) is 4. The Kier molecular flexibility index (Phi) is 4.65. The van der Waals surface area contributed by atoms with E-state index in [0.717, 1.165) is 0 Å². The van der Waals surface area contributed by atoms with Gasteiger partial charge in [0.1, 0.15) is 18.3 Å². The van der Waals surface area contributed by atoms with Gasteiger partial charge in [-0.3, -0.25) is 0 Å². The predicted molar refractivity (Wildman–Crippen MR) is 51.9 cm³/mol. The topological polar surface area (TPSA) is 105 Å². The molecular weight excluding hydrogens is 202 g/mol. The second-order valence-electron chi connectivity index (χ2n) is 3.41. The standard InChI is InChI=1S/C9H17NO5/c1-2-3-14-9-6(10)8(13)7(12)5(4-11)15-9/h2,5-9,11-13H,1,3-4,10H2/t5-,6-,7+,8-,9-/m1/s1. The number of hydrogen-bond acceptors (Lipinski definition) is 6. The van der Waals surface area contributed by atoms with E-state index >= 15 is 0 Å². The summed E-state index contributed by atoms with van der Waals surface area (Å²) in [4.78, 5) is 0. The molecule has 0 amide bonds. The average molecular weight is 219 g/mol. The molecule has 1 rings (SSSR count). The van der Waals surface area contributed by atoms with Crippen LogP contribution in [0.5, 0.6) is 0 Å². The summed E-state index contributed by atoms with van der Waals surface area (Å²) in [5.41, 5.74) is 5.59. The van der Waals surface area contributed by atoms with Gasteiger partial charge in [0.15, 0.2) is 6.29 Å². The quantitative estimate of drug-likeness (QED) is 0.406. The number of ether oxygens (including phenoxy) is 2. The van der Waals surface area contributed by atoms with Gasteiger partial charge in [0, 0.05) is 0 Å². The van der Waals surface area contributed by atoms with Crippen LogP contribution in [0.1, 0.15) is 0 Å². The zero-order valence-corrected chi connectivity index (χ0v) is 8.32. The molecule has 88 valence electrons. The molecule has 1 aliphatic rings. The summed E-state index contributed by atoms with van der Waals surface area (Å²) in [5, 5.41) is 27.9. The van der Waals surface area contributed by atoms with Gasteiger partial charge in [-0.25, -0.2) is 0 Å². The van der Waals surface area contributed by atoms with Crippen molar-refractivity contribution in [1.82, 2.24) is 0 Å². The minimum absolute atomic E-state index is 0.222. The summed E-state index contributed by atoms with van der Waals surface area (Å²) in [6.07, 6.45) is -2.59. The van der Waals surface area contributed by atoms with Crippen molar-refractivity contribution in [2.45, 2.75) is 30.6 Å². The molecule has 0 aromatic heterocycles. The zero-order chi connectivity index (χ0) is 11.4. The van der Waals surface area contributed by atoms with Crippen molar-refractivity contribution in [1.29, 1.82) is 0 Å². The first kappa shape index (κ1) is 12.6. The lowest BCUT2D eigenvalue weighted by Gasteiger charge is -2.40. The molecule has 6 heteroatoms. The van der Waals surface area contributed by atoms with Crippen LogP contribution in [0.25, 0.3) is 0 Å². The summed E-state index contributed by atoms with van der Waals surface area (Å²) in [7, 11) is 0. The van der Waals surface area contributed by atoms with E-state index in [1.54, 1.807) is 0 Å². The van der Waals surface area contributed by atoms with Crippen molar-refractivity contribution in [2.75, 3.05) is 13.2 Å². The summed E-state index contributed by atoms with van der Waals surface area (Å²) in [5.74, 6) is 0. The van der Waals surface area contributed by atoms with Crippen LogP contribution in [0.4, 0.5) is 0 Å². The Bertz CT molecular complexity index is 211. The molecule has 0 radical (unpaired) electrons. The molecule has 0 spiro atoms. The molecule has 1 saturated heterocycles. The van der Waals surface area contributed by atoms with Crippen LogP contribution < -0.4 is 5.73 Å². The second-order valence-corrected chi connectivity index (χ2v) is 3.41. The van der Waals surface area contributed by atoms with Gasteiger partial charge in [-0.15, -0.1) is 6.58 Å². The average Bonchev–Trinajstić information content (AvgIpc) is 2.25. The van der Waals surface area contributed by atoms with Crippen molar-refractivity contribution in [3.8, 4) is 0 Å². The molecule has 5 atom stereocenters. The lowest BCUT2D eigenvalue weighted by molar-refractivity contribution is -0.262. The normalized spacial score (nSPS) is 41.5. The minimum atomic E-state index is -1.20. The van der Waals surface area contributed by atoms with Crippen LogP contribution in [0.15, 0.2) is 12.7 Å². The summed E-state index contributed by atoms with van der Waals surface area (Å²) in [6, 6.07) is -0.845. The van der Waals surface area contributed by atoms with E-state index in [-0.39, 0.29) is 6.61 Å². The van der Waals surface area contributed by atoms with E-state index in [2.05, 4.69) is 6.58 Å². The van der Waals surface area contributed by atoms with E-state index in [0.29, 0.717) is 0 Å². The van der Waals surface area contributed by atoms with Crippen molar-refractivity contribution in [3.05, 3.63) is 12.7 Å². The van der Waals surface area contributed by atoms with Gasteiger partial charge in [-0.2, -0.15) is 0 Å². The molecule has 0 unspecified atom stereocenters. The molecular formula is C9H17NO5. The highest BCUT2D eigenvalue weighted by Crippen LogP contribution is 2.20. The van der Waals surface area contributed by atoms with Gasteiger partial charge in [0.05, 0.1) is 19.3 Å². The van der Waals surface area contributed by atoms with Crippen LogP contribution in [0, 0.1) is 0 Å². The van der Waals surface area contributed by atoms with Crippen LogP contribution in [0.2, 0.25) is 0 Å². The fraction of sp³-hybridized carbons (Fsp3) is 0.778. The maximum absolute atomic E-state index is 9.55. The highest BCUT2D eigenvalue weighted by molar-refractivity contribution is 4.91. The Morgan fingerprint density at radius 1 is 1.40 bits per heavy atom. The van der Waals surface area contributed by atoms with Gasteiger partial charge in [-0.1, -0.05) is 6.08 Å². The van der Waals surface area contributed by atoms with Crippen LogP contribution in [-0.4, -0.2) is 59.2 Å². The number of aliphatic hydroxyl groups excluding tert-OH is 3. The Labute approximate surface area is 87.9 Å². The van der Waals surface area contributed by atoms with E-state index in [9.17, 15) is 10.2 Å². The van der Waals surface area contributed by atoms with E-state index in [1.165, 1.54) is 6.08 Å². The van der Waals surface area contributed by atoms with Gasteiger partial charge < -0.3 is 30.5 Å². The molecule has 5 N–H and O–H groups in total. The number of nitrogens with two attached hydrogens (primary N) is 1. The fourth-order valence-corrected chi connectivity index (χ4v) is 1.42. The number of aliphatic hydroxyl groups is 3. The summed E-state index contributed by atoms with van der Waals surface area (Å²) < 4.78 is 10.3. The highest BCUT2D eigenvalue weighted by Gasteiger charge is 2.42. The van der Waals surface area contributed by atoms with E-state index < -0.39 is 37.3 Å². The molecule has 15 heavy (non-hydrogen) atoms. The fourth-order valence-electron chi connectivity index (χ4n) is 1.42. The number of rotatable bonds is 4. The third-order valence-corrected chi connectivity index (χ3v) is 2.31. The third-order valence-electron chi connectivity index (χ3n) is 2.31. The first-order valence-corrected chi connectivity index (χ1v) is 4.72. The third kappa shape index (κ3) is 2.75. The molecule has 1 heterocycles. The molecule has 1 fully saturated rings. The monoisotopic (exact) mass is 219 g/mol. The van der Waals surface area contributed by atoms with E-state index in [1.807, 2.05) is 0 Å². The second kappa shape index (κ2) is 5.55.